The van der Waals surface area contributed by atoms with E-state index in [1.165, 1.54) is 0 Å². The number of hydrogen-bond donors (Lipinski definition) is 1. The van der Waals surface area contributed by atoms with E-state index in [9.17, 15) is 0 Å². The third-order valence-corrected chi connectivity index (χ3v) is 0. The zero-order valence-electron chi connectivity index (χ0n) is 2.96. The van der Waals surface area contributed by atoms with Crippen LogP contribution >= 0.6 is 0 Å². The summed E-state index contributed by atoms with van der Waals surface area (Å²) in [7, 11) is 0. The zero-order chi connectivity index (χ0) is 4.00. The summed E-state index contributed by atoms with van der Waals surface area (Å²) in [4.78, 5) is 0. The Balaban J connectivity index is 0. The van der Waals surface area contributed by atoms with Crippen LogP contribution in [0.15, 0.2) is 0 Å². The van der Waals surface area contributed by atoms with E-state index >= 15 is 0 Å². The molecule has 0 unspecified atom stereocenters. The fourth-order valence-corrected chi connectivity index (χ4v) is 0. The Labute approximate surface area is 25.6 Å². The highest BCUT2D eigenvalue weighted by molar-refractivity contribution is 3.50. The largest absolute Gasteiger partial charge is 0.172 e. The van der Waals surface area contributed by atoms with Crippen LogP contribution in [-0.4, -0.2) is 0 Å². The molecule has 0 saturated carbocycles. The van der Waals surface area contributed by atoms with Crippen LogP contribution in [-0.2, 0) is 0 Å². The fourth-order valence-electron chi connectivity index (χ4n) is 0. The van der Waals surface area contributed by atoms with Crippen LogP contribution in [0.2, 0.25) is 0 Å². The van der Waals surface area contributed by atoms with Gasteiger partial charge in [-0.15, -0.1) is 4.48 Å². The van der Waals surface area contributed by atoms with E-state index in [0.29, 0.717) is 0 Å². The van der Waals surface area contributed by atoms with E-state index in [4.69, 9.17) is 4.48 Å². The van der Waals surface area contributed by atoms with E-state index in [-0.39, 0.29) is 0 Å². The molecule has 1 nitrogen and oxygen atoms in total. The Kier molecular flexibility index (Phi) is 1940. The van der Waals surface area contributed by atoms with Gasteiger partial charge in [-0.2, -0.15) is 5.96 Å². The maximum atomic E-state index is 9.00. The molecule has 2 heteroatoms. The molecular weight excluding hydrogens is 57.0 g/mol. The van der Waals surface area contributed by atoms with Crippen molar-refractivity contribution >= 4 is 0 Å². The summed E-state index contributed by atoms with van der Waals surface area (Å²) in [6.07, 6.45) is 0. The quantitative estimate of drug-likeness (QED) is 0.416. The van der Waals surface area contributed by atoms with Gasteiger partial charge in [0, 0.05) is 0 Å². The van der Waals surface area contributed by atoms with Crippen LogP contribution in [0.5, 0.6) is 0 Å². The second-order valence-corrected chi connectivity index (χ2v) is 0. The average molecular weight is 65.1 g/mol. The third kappa shape index (κ3) is 124. The molecule has 0 fully saturated rings. The monoisotopic (exact) mass is 65.1 g/mol. The highest BCUT2D eigenvalue weighted by atomic mass is 19.2. The predicted octanol–water partition coefficient (Wildman–Crippen LogP) is 0.856. The molecule has 0 heterocycles. The minimum absolute atomic E-state index is 2.00. The van der Waals surface area contributed by atoms with Gasteiger partial charge in [-0.1, -0.05) is 13.8 Å². The van der Waals surface area contributed by atoms with Gasteiger partial charge in [0.1, 0.15) is 0 Å². The smallest absolute Gasteiger partial charge is 0.0683 e. The van der Waals surface area contributed by atoms with Crippen molar-refractivity contribution in [2.24, 2.45) is 5.96 Å². The van der Waals surface area contributed by atoms with Gasteiger partial charge in [-0.05, 0) is 0 Å². The number of nitrogens with two attached hydrogens (primary N) is 1. The first-order chi connectivity index (χ1) is 2.00. The van der Waals surface area contributed by atoms with Crippen LogP contribution < -0.4 is 5.96 Å². The summed E-state index contributed by atoms with van der Waals surface area (Å²) in [6.45, 7) is 4.00. The average Bonchev–Trinajstić information content (AvgIpc) is 1.50. The Hall–Kier alpha value is -0.110. The third-order valence-electron chi connectivity index (χ3n) is 0. The number of hydrogen-bond acceptors (Lipinski definition) is 1. The molecule has 0 aliphatic carbocycles. The van der Waals surface area contributed by atoms with Crippen molar-refractivity contribution < 1.29 is 4.48 Å². The molecule has 0 aromatic heterocycles. The van der Waals surface area contributed by atoms with Crippen LogP contribution in [0.1, 0.15) is 13.8 Å². The molecule has 0 aromatic carbocycles. The van der Waals surface area contributed by atoms with Gasteiger partial charge < -0.3 is 0 Å². The first-order valence-electron chi connectivity index (χ1n) is 1.22. The van der Waals surface area contributed by atoms with Gasteiger partial charge in [-0.25, -0.2) is 0 Å². The molecule has 0 aromatic rings. The first kappa shape index (κ1) is 9.10. The SMILES string of the molecule is CC.NF. The molecule has 0 atom stereocenters. The van der Waals surface area contributed by atoms with Crippen LogP contribution in [0.25, 0.3) is 0 Å². The van der Waals surface area contributed by atoms with Crippen molar-refractivity contribution in [2.45, 2.75) is 13.8 Å². The van der Waals surface area contributed by atoms with Gasteiger partial charge in [0.05, 0.1) is 0 Å². The van der Waals surface area contributed by atoms with Gasteiger partial charge in [0.25, 0.3) is 0 Å². The Morgan fingerprint density at radius 3 is 1.25 bits per heavy atom. The lowest BCUT2D eigenvalue weighted by Crippen LogP contribution is -1.53. The Morgan fingerprint density at radius 1 is 1.25 bits per heavy atom. The maximum absolute atomic E-state index is 9.00. The molecule has 0 saturated heterocycles. The summed E-state index contributed by atoms with van der Waals surface area (Å²) in [5.74, 6) is 3.00. The highest BCUT2D eigenvalue weighted by Crippen LogP contribution is 1.14. The minimum atomic E-state index is 2.00. The molecule has 2 N–H and O–H groups in total. The number of rotatable bonds is 0. The van der Waals surface area contributed by atoms with Gasteiger partial charge in [0.2, 0.25) is 0 Å². The second kappa shape index (κ2) is 853. The highest BCUT2D eigenvalue weighted by Gasteiger charge is 0.932. The normalized spacial score (nSPS) is 3.00. The summed E-state index contributed by atoms with van der Waals surface area (Å²) in [5, 5.41) is 0. The maximum Gasteiger partial charge on any atom is -0.0683 e. The lowest BCUT2D eigenvalue weighted by molar-refractivity contribution is 0.530. The van der Waals surface area contributed by atoms with E-state index in [1.54, 1.807) is 0 Å². The topological polar surface area (TPSA) is 26.0 Å². The van der Waals surface area contributed by atoms with E-state index in [1.807, 2.05) is 13.8 Å². The second-order valence-electron chi connectivity index (χ2n) is 0. The molecule has 4 heavy (non-hydrogen) atoms. The Bertz CT molecular complexity index is 6.00. The molecule has 28 valence electrons. The molecule has 0 radical (unpaired) electrons. The predicted molar refractivity (Wildman–Crippen MR) is 16.6 cm³/mol. The van der Waals surface area contributed by atoms with Crippen molar-refractivity contribution in [3.63, 3.8) is 0 Å². The van der Waals surface area contributed by atoms with E-state index < -0.39 is 0 Å². The van der Waals surface area contributed by atoms with Crippen molar-refractivity contribution in [2.75, 3.05) is 0 Å². The summed E-state index contributed by atoms with van der Waals surface area (Å²) >= 11 is 0. The number of halogens is 1. The van der Waals surface area contributed by atoms with Crippen LogP contribution in [0, 0.1) is 0 Å². The standard InChI is InChI=1S/C2H6.FH2N/c2*1-2/h1-2H3;2H2. The van der Waals surface area contributed by atoms with Crippen molar-refractivity contribution in [3.05, 3.63) is 0 Å². The summed E-state index contributed by atoms with van der Waals surface area (Å²) < 4.78 is 9.00. The summed E-state index contributed by atoms with van der Waals surface area (Å²) in [5.41, 5.74) is 0. The van der Waals surface area contributed by atoms with Crippen molar-refractivity contribution in [1.82, 2.24) is 0 Å². The summed E-state index contributed by atoms with van der Waals surface area (Å²) in [6, 6.07) is 0. The van der Waals surface area contributed by atoms with Gasteiger partial charge >= 0.3 is 0 Å². The molecule has 0 spiro atoms. The molecule has 0 aliphatic rings. The molecule has 0 aliphatic heterocycles. The fraction of sp³-hybridized carbons (Fsp3) is 1.00. The van der Waals surface area contributed by atoms with Crippen LogP contribution in [0.3, 0.4) is 0 Å². The zero-order valence-corrected chi connectivity index (χ0v) is 2.96. The van der Waals surface area contributed by atoms with Gasteiger partial charge in [-0.3, -0.25) is 0 Å². The molecular formula is C2H8FN. The van der Waals surface area contributed by atoms with Gasteiger partial charge in [0.15, 0.2) is 0 Å². The molecule has 0 amide bonds. The van der Waals surface area contributed by atoms with Crippen LogP contribution in [0.4, 0.5) is 4.48 Å². The lowest BCUT2D eigenvalue weighted by Gasteiger charge is -1.16. The molecule has 0 rings (SSSR count). The van der Waals surface area contributed by atoms with Crippen molar-refractivity contribution in [1.29, 1.82) is 0 Å². The first-order valence-corrected chi connectivity index (χ1v) is 1.22. The van der Waals surface area contributed by atoms with E-state index in [2.05, 4.69) is 5.96 Å². The minimum Gasteiger partial charge on any atom is -0.172 e. The van der Waals surface area contributed by atoms with E-state index in [0.717, 1.165) is 0 Å². The molecule has 0 bridgehead atoms. The lowest BCUT2D eigenvalue weighted by atomic mass is 11.0. The van der Waals surface area contributed by atoms with Crippen molar-refractivity contribution in [3.8, 4) is 0 Å². The Morgan fingerprint density at radius 2 is 1.25 bits per heavy atom.